The van der Waals surface area contributed by atoms with Crippen molar-refractivity contribution in [3.8, 4) is 0 Å². The molecule has 0 atom stereocenters. The van der Waals surface area contributed by atoms with Crippen molar-refractivity contribution < 1.29 is 0 Å². The van der Waals surface area contributed by atoms with E-state index in [2.05, 4.69) is 22.4 Å². The van der Waals surface area contributed by atoms with E-state index in [1.165, 1.54) is 0 Å². The van der Waals surface area contributed by atoms with Crippen LogP contribution in [0.2, 0.25) is 0 Å². The molecule has 0 radical (unpaired) electrons. The lowest BCUT2D eigenvalue weighted by Gasteiger charge is -2.06. The summed E-state index contributed by atoms with van der Waals surface area (Å²) in [5.41, 5.74) is 5.61. The summed E-state index contributed by atoms with van der Waals surface area (Å²) >= 11 is 0. The highest BCUT2D eigenvalue weighted by Gasteiger charge is 2.42. The first-order valence-corrected chi connectivity index (χ1v) is 3.27. The van der Waals surface area contributed by atoms with E-state index in [4.69, 9.17) is 5.73 Å². The van der Waals surface area contributed by atoms with Crippen LogP contribution in [0.3, 0.4) is 0 Å². The predicted octanol–water partition coefficient (Wildman–Crippen LogP) is -0.236. The maximum Gasteiger partial charge on any atom is 0.240 e. The third kappa shape index (κ3) is 0.600. The lowest BCUT2D eigenvalue weighted by molar-refractivity contribution is 0.464. The van der Waals surface area contributed by atoms with Crippen molar-refractivity contribution in [2.45, 2.75) is 25.3 Å². The largest absolute Gasteiger partial charge is 0.367 e. The molecule has 1 aliphatic carbocycles. The van der Waals surface area contributed by atoms with Crippen molar-refractivity contribution in [2.75, 3.05) is 5.73 Å². The molecule has 0 amide bonds. The Morgan fingerprint density at radius 1 is 1.60 bits per heavy atom. The molecule has 0 spiro atoms. The molecule has 10 heavy (non-hydrogen) atoms. The molecular formula is C5H9N5. The first-order valence-electron chi connectivity index (χ1n) is 3.27. The summed E-state index contributed by atoms with van der Waals surface area (Å²) in [6, 6.07) is 0. The number of tetrazole rings is 1. The molecule has 0 saturated heterocycles. The first-order chi connectivity index (χ1) is 4.72. The second kappa shape index (κ2) is 1.47. The summed E-state index contributed by atoms with van der Waals surface area (Å²) in [6.07, 6.45) is 2.25. The predicted molar refractivity (Wildman–Crippen MR) is 35.1 cm³/mol. The number of hydrogen-bond acceptors (Lipinski definition) is 4. The van der Waals surface area contributed by atoms with Gasteiger partial charge in [0.2, 0.25) is 5.95 Å². The molecule has 2 rings (SSSR count). The van der Waals surface area contributed by atoms with E-state index in [-0.39, 0.29) is 5.54 Å². The monoisotopic (exact) mass is 139 g/mol. The first kappa shape index (κ1) is 5.64. The smallest absolute Gasteiger partial charge is 0.240 e. The number of nitrogen functional groups attached to an aromatic ring is 1. The highest BCUT2D eigenvalue weighted by Crippen LogP contribution is 2.42. The van der Waals surface area contributed by atoms with Crippen LogP contribution in [0.15, 0.2) is 0 Å². The Morgan fingerprint density at radius 2 is 2.30 bits per heavy atom. The average Bonchev–Trinajstić information content (AvgIpc) is 2.44. The van der Waals surface area contributed by atoms with Crippen LogP contribution in [0.1, 0.15) is 19.8 Å². The van der Waals surface area contributed by atoms with Gasteiger partial charge in [0.05, 0.1) is 5.54 Å². The average molecular weight is 139 g/mol. The normalized spacial score (nSPS) is 20.9. The Bertz CT molecular complexity index is 248. The third-order valence-corrected chi connectivity index (χ3v) is 1.98. The molecule has 0 aromatic carbocycles. The van der Waals surface area contributed by atoms with Crippen molar-refractivity contribution in [2.24, 2.45) is 0 Å². The maximum absolute atomic E-state index is 5.49. The van der Waals surface area contributed by atoms with Crippen molar-refractivity contribution in [3.05, 3.63) is 0 Å². The molecule has 54 valence electrons. The lowest BCUT2D eigenvalue weighted by atomic mass is 10.3. The highest BCUT2D eigenvalue weighted by atomic mass is 15.6. The van der Waals surface area contributed by atoms with E-state index in [0.29, 0.717) is 5.95 Å². The second-order valence-electron chi connectivity index (χ2n) is 2.95. The summed E-state index contributed by atoms with van der Waals surface area (Å²) < 4.78 is 1.69. The third-order valence-electron chi connectivity index (χ3n) is 1.98. The lowest BCUT2D eigenvalue weighted by Crippen LogP contribution is -2.16. The molecule has 1 heterocycles. The van der Waals surface area contributed by atoms with Crippen LogP contribution in [-0.4, -0.2) is 20.2 Å². The van der Waals surface area contributed by atoms with Gasteiger partial charge in [0.15, 0.2) is 0 Å². The summed E-state index contributed by atoms with van der Waals surface area (Å²) in [5, 5.41) is 10.8. The number of anilines is 1. The number of nitrogens with zero attached hydrogens (tertiary/aromatic N) is 4. The molecule has 5 nitrogen and oxygen atoms in total. The van der Waals surface area contributed by atoms with Gasteiger partial charge in [0.1, 0.15) is 0 Å². The number of rotatable bonds is 1. The Hall–Kier alpha value is -1.13. The maximum atomic E-state index is 5.49. The van der Waals surface area contributed by atoms with E-state index < -0.39 is 0 Å². The summed E-state index contributed by atoms with van der Waals surface area (Å²) in [7, 11) is 0. The van der Waals surface area contributed by atoms with Gasteiger partial charge < -0.3 is 5.73 Å². The highest BCUT2D eigenvalue weighted by molar-refractivity contribution is 5.16. The van der Waals surface area contributed by atoms with Crippen molar-refractivity contribution in [3.63, 3.8) is 0 Å². The van der Waals surface area contributed by atoms with Crippen LogP contribution in [0, 0.1) is 0 Å². The van der Waals surface area contributed by atoms with Crippen LogP contribution in [-0.2, 0) is 5.54 Å². The van der Waals surface area contributed by atoms with Gasteiger partial charge in [0.25, 0.3) is 0 Å². The second-order valence-corrected chi connectivity index (χ2v) is 2.95. The summed E-state index contributed by atoms with van der Waals surface area (Å²) in [5.74, 6) is 0.417. The van der Waals surface area contributed by atoms with Gasteiger partial charge in [-0.15, -0.1) is 0 Å². The molecule has 0 bridgehead atoms. The fraction of sp³-hybridized carbons (Fsp3) is 0.800. The van der Waals surface area contributed by atoms with Crippen molar-refractivity contribution >= 4 is 5.95 Å². The zero-order valence-corrected chi connectivity index (χ0v) is 5.78. The zero-order chi connectivity index (χ0) is 7.19. The van der Waals surface area contributed by atoms with Crippen LogP contribution in [0.5, 0.6) is 0 Å². The van der Waals surface area contributed by atoms with E-state index in [9.17, 15) is 0 Å². The summed E-state index contributed by atoms with van der Waals surface area (Å²) in [4.78, 5) is 0. The zero-order valence-electron chi connectivity index (χ0n) is 5.78. The molecule has 1 aliphatic rings. The van der Waals surface area contributed by atoms with Crippen LogP contribution >= 0.6 is 0 Å². The molecule has 0 aliphatic heterocycles. The van der Waals surface area contributed by atoms with Crippen molar-refractivity contribution in [1.82, 2.24) is 20.2 Å². The van der Waals surface area contributed by atoms with Gasteiger partial charge >= 0.3 is 0 Å². The van der Waals surface area contributed by atoms with Gasteiger partial charge in [-0.3, -0.25) is 0 Å². The van der Waals surface area contributed by atoms with Crippen LogP contribution < -0.4 is 5.73 Å². The van der Waals surface area contributed by atoms with Crippen LogP contribution in [0.4, 0.5) is 5.95 Å². The molecule has 1 aromatic heterocycles. The summed E-state index contributed by atoms with van der Waals surface area (Å²) in [6.45, 7) is 2.10. The molecular weight excluding hydrogens is 130 g/mol. The molecule has 2 N–H and O–H groups in total. The molecule has 1 fully saturated rings. The quantitative estimate of drug-likeness (QED) is 0.583. The van der Waals surface area contributed by atoms with E-state index in [1.807, 2.05) is 0 Å². The minimum atomic E-state index is 0.119. The standard InChI is InChI=1S/C5H9N5/c1-5(2-3-5)10-4(6)7-8-9-10/h2-3H2,1H3,(H2,6,7,9). The van der Waals surface area contributed by atoms with Crippen molar-refractivity contribution in [1.29, 1.82) is 0 Å². The minimum absolute atomic E-state index is 0.119. The van der Waals surface area contributed by atoms with E-state index in [1.54, 1.807) is 4.68 Å². The molecule has 0 unspecified atom stereocenters. The van der Waals surface area contributed by atoms with Gasteiger partial charge in [-0.05, 0) is 30.2 Å². The number of hydrogen-bond donors (Lipinski definition) is 1. The molecule has 5 heteroatoms. The molecule has 1 saturated carbocycles. The van der Waals surface area contributed by atoms with E-state index >= 15 is 0 Å². The number of nitrogens with two attached hydrogens (primary N) is 1. The topological polar surface area (TPSA) is 69.6 Å². The Balaban J connectivity index is 2.42. The number of aromatic nitrogens is 4. The Morgan fingerprint density at radius 3 is 2.70 bits per heavy atom. The molecule has 1 aromatic rings. The van der Waals surface area contributed by atoms with Gasteiger partial charge in [0, 0.05) is 0 Å². The van der Waals surface area contributed by atoms with Crippen LogP contribution in [0.25, 0.3) is 0 Å². The fourth-order valence-electron chi connectivity index (χ4n) is 0.971. The Labute approximate surface area is 58.2 Å². The van der Waals surface area contributed by atoms with Gasteiger partial charge in [-0.25, -0.2) is 4.68 Å². The SMILES string of the molecule is CC1(n2nnnc2N)CC1. The Kier molecular flexibility index (Phi) is 0.832. The van der Waals surface area contributed by atoms with Gasteiger partial charge in [-0.1, -0.05) is 5.10 Å². The van der Waals surface area contributed by atoms with E-state index in [0.717, 1.165) is 12.8 Å². The fourth-order valence-corrected chi connectivity index (χ4v) is 0.971. The minimum Gasteiger partial charge on any atom is -0.367 e. The van der Waals surface area contributed by atoms with Gasteiger partial charge in [-0.2, -0.15) is 0 Å².